The van der Waals surface area contributed by atoms with Gasteiger partial charge in [0.2, 0.25) is 0 Å². The number of esters is 1. The zero-order valence-electron chi connectivity index (χ0n) is 12.4. The van der Waals surface area contributed by atoms with Crippen molar-refractivity contribution in [1.29, 1.82) is 0 Å². The lowest BCUT2D eigenvalue weighted by Crippen LogP contribution is -2.43. The highest BCUT2D eigenvalue weighted by molar-refractivity contribution is 5.72. The first-order chi connectivity index (χ1) is 10.1. The van der Waals surface area contributed by atoms with Gasteiger partial charge in [-0.05, 0) is 5.56 Å². The van der Waals surface area contributed by atoms with Gasteiger partial charge in [0.25, 0.3) is 0 Å². The second kappa shape index (κ2) is 7.54. The second-order valence-corrected chi connectivity index (χ2v) is 5.65. The molecule has 0 saturated carbocycles. The van der Waals surface area contributed by atoms with Gasteiger partial charge in [-0.2, -0.15) is 0 Å². The van der Waals surface area contributed by atoms with Crippen molar-refractivity contribution in [3.8, 4) is 0 Å². The number of nitrogens with one attached hydrogen (secondary N) is 1. The minimum atomic E-state index is -0.798. The van der Waals surface area contributed by atoms with Gasteiger partial charge >= 0.3 is 5.97 Å². The Morgan fingerprint density at radius 3 is 2.90 bits per heavy atom. The van der Waals surface area contributed by atoms with Crippen LogP contribution in [0, 0.1) is 5.92 Å². The largest absolute Gasteiger partial charge is 0.461 e. The monoisotopic (exact) mass is 293 g/mol. The number of rotatable bonds is 7. The van der Waals surface area contributed by atoms with Crippen LogP contribution in [0.25, 0.3) is 0 Å². The van der Waals surface area contributed by atoms with Gasteiger partial charge in [0.15, 0.2) is 0 Å². The highest BCUT2D eigenvalue weighted by atomic mass is 16.5. The molecule has 0 bridgehead atoms. The second-order valence-electron chi connectivity index (χ2n) is 5.65. The fourth-order valence-electron chi connectivity index (χ4n) is 2.21. The van der Waals surface area contributed by atoms with Crippen molar-refractivity contribution >= 4 is 5.97 Å². The molecule has 1 saturated heterocycles. The Kier molecular flexibility index (Phi) is 5.73. The molecule has 1 aliphatic rings. The lowest BCUT2D eigenvalue weighted by molar-refractivity contribution is -0.149. The van der Waals surface area contributed by atoms with Crippen molar-refractivity contribution in [3.63, 3.8) is 0 Å². The number of carbonyl (C=O) groups excluding carboxylic acids is 1. The van der Waals surface area contributed by atoms with E-state index in [0.29, 0.717) is 39.3 Å². The van der Waals surface area contributed by atoms with Gasteiger partial charge in [-0.15, -0.1) is 0 Å². The topological polar surface area (TPSA) is 67.8 Å². The van der Waals surface area contributed by atoms with Crippen LogP contribution in [0.1, 0.15) is 18.9 Å². The molecular formula is C16H23NO4. The third-order valence-corrected chi connectivity index (χ3v) is 3.61. The number of carbonyl (C=O) groups is 1. The van der Waals surface area contributed by atoms with Crippen molar-refractivity contribution in [3.05, 3.63) is 35.9 Å². The molecule has 0 spiro atoms. The number of benzene rings is 1. The van der Waals surface area contributed by atoms with E-state index in [1.165, 1.54) is 0 Å². The van der Waals surface area contributed by atoms with Crippen LogP contribution in [0.3, 0.4) is 0 Å². The lowest BCUT2D eigenvalue weighted by atomic mass is 10.0. The number of ether oxygens (including phenoxy) is 2. The minimum Gasteiger partial charge on any atom is -0.461 e. The third kappa shape index (κ3) is 5.12. The molecule has 0 aromatic heterocycles. The maximum absolute atomic E-state index is 11.9. The summed E-state index contributed by atoms with van der Waals surface area (Å²) in [6.45, 7) is 3.97. The summed E-state index contributed by atoms with van der Waals surface area (Å²) < 4.78 is 10.4. The highest BCUT2D eigenvalue weighted by Gasteiger charge is 2.31. The highest BCUT2D eigenvalue weighted by Crippen LogP contribution is 2.17. The Bertz CT molecular complexity index is 443. The van der Waals surface area contributed by atoms with Crippen LogP contribution in [0.5, 0.6) is 0 Å². The predicted molar refractivity (Wildman–Crippen MR) is 78.7 cm³/mol. The average molecular weight is 293 g/mol. The molecule has 1 aromatic rings. The molecule has 5 nitrogen and oxygen atoms in total. The summed E-state index contributed by atoms with van der Waals surface area (Å²) in [4.78, 5) is 11.9. The quantitative estimate of drug-likeness (QED) is 0.737. The molecule has 1 heterocycles. The molecule has 0 amide bonds. The molecule has 2 unspecified atom stereocenters. The smallest absolute Gasteiger partial charge is 0.310 e. The summed E-state index contributed by atoms with van der Waals surface area (Å²) in [5.41, 5.74) is 0.177. The third-order valence-electron chi connectivity index (χ3n) is 3.61. The van der Waals surface area contributed by atoms with E-state index < -0.39 is 5.60 Å². The summed E-state index contributed by atoms with van der Waals surface area (Å²) in [5.74, 6) is -0.486. The molecule has 21 heavy (non-hydrogen) atoms. The van der Waals surface area contributed by atoms with Crippen LogP contribution in [-0.2, 0) is 20.9 Å². The Hall–Kier alpha value is -1.43. The molecule has 1 fully saturated rings. The van der Waals surface area contributed by atoms with Crippen LogP contribution in [0.15, 0.2) is 30.3 Å². The van der Waals surface area contributed by atoms with Crippen LogP contribution in [0.4, 0.5) is 0 Å². The van der Waals surface area contributed by atoms with E-state index in [0.717, 1.165) is 5.56 Å². The average Bonchev–Trinajstić information content (AvgIpc) is 2.92. The first-order valence-corrected chi connectivity index (χ1v) is 7.30. The zero-order chi connectivity index (χ0) is 15.1. The Balaban J connectivity index is 1.65. The standard InChI is InChI=1S/C16H23NO4/c1-13(9-17-11-16(19)7-8-20-12-16)15(18)21-10-14-5-3-2-4-6-14/h2-6,13,17,19H,7-12H2,1H3. The van der Waals surface area contributed by atoms with Gasteiger partial charge in [-0.25, -0.2) is 0 Å². The molecule has 2 N–H and O–H groups in total. The van der Waals surface area contributed by atoms with Crippen molar-refractivity contribution in [2.75, 3.05) is 26.3 Å². The molecule has 2 atom stereocenters. The van der Waals surface area contributed by atoms with Crippen LogP contribution in [-0.4, -0.2) is 43.0 Å². The van der Waals surface area contributed by atoms with Crippen molar-refractivity contribution in [2.24, 2.45) is 5.92 Å². The summed E-state index contributed by atoms with van der Waals surface area (Å²) in [6.07, 6.45) is 0.632. The molecule has 0 radical (unpaired) electrons. The van der Waals surface area contributed by atoms with Gasteiger partial charge in [0.05, 0.1) is 12.5 Å². The summed E-state index contributed by atoms with van der Waals surface area (Å²) in [6, 6.07) is 9.60. The van der Waals surface area contributed by atoms with Gasteiger partial charge in [0, 0.05) is 26.1 Å². The normalized spacial score (nSPS) is 23.0. The Morgan fingerprint density at radius 1 is 1.48 bits per heavy atom. The van der Waals surface area contributed by atoms with E-state index in [4.69, 9.17) is 9.47 Å². The maximum atomic E-state index is 11.9. The first-order valence-electron chi connectivity index (χ1n) is 7.30. The Morgan fingerprint density at radius 2 is 2.24 bits per heavy atom. The van der Waals surface area contributed by atoms with Crippen molar-refractivity contribution in [1.82, 2.24) is 5.32 Å². The molecular weight excluding hydrogens is 270 g/mol. The van der Waals surface area contributed by atoms with E-state index in [2.05, 4.69) is 5.32 Å². The van der Waals surface area contributed by atoms with Crippen LogP contribution in [0.2, 0.25) is 0 Å². The van der Waals surface area contributed by atoms with E-state index >= 15 is 0 Å². The van der Waals surface area contributed by atoms with Crippen LogP contribution >= 0.6 is 0 Å². The van der Waals surface area contributed by atoms with Crippen LogP contribution < -0.4 is 5.32 Å². The molecule has 116 valence electrons. The molecule has 0 aliphatic carbocycles. The first kappa shape index (κ1) is 15.9. The lowest BCUT2D eigenvalue weighted by Gasteiger charge is -2.21. The van der Waals surface area contributed by atoms with Gasteiger partial charge in [-0.1, -0.05) is 37.3 Å². The Labute approximate surface area is 125 Å². The van der Waals surface area contributed by atoms with Gasteiger partial charge in [0.1, 0.15) is 12.2 Å². The molecule has 2 rings (SSSR count). The summed E-state index contributed by atoms with van der Waals surface area (Å²) >= 11 is 0. The fraction of sp³-hybridized carbons (Fsp3) is 0.562. The summed E-state index contributed by atoms with van der Waals surface area (Å²) in [7, 11) is 0. The van der Waals surface area contributed by atoms with Crippen molar-refractivity contribution in [2.45, 2.75) is 25.6 Å². The SMILES string of the molecule is CC(CNCC1(O)CCOC1)C(=O)OCc1ccccc1. The number of hydrogen-bond acceptors (Lipinski definition) is 5. The molecule has 1 aliphatic heterocycles. The van der Waals surface area contributed by atoms with E-state index in [-0.39, 0.29) is 11.9 Å². The summed E-state index contributed by atoms with van der Waals surface area (Å²) in [5, 5.41) is 13.2. The number of aliphatic hydroxyl groups is 1. The zero-order valence-corrected chi connectivity index (χ0v) is 12.4. The number of hydrogen-bond donors (Lipinski definition) is 2. The fourth-order valence-corrected chi connectivity index (χ4v) is 2.21. The van der Waals surface area contributed by atoms with E-state index in [1.54, 1.807) is 0 Å². The van der Waals surface area contributed by atoms with Crippen molar-refractivity contribution < 1.29 is 19.4 Å². The predicted octanol–water partition coefficient (Wildman–Crippen LogP) is 1.11. The van der Waals surface area contributed by atoms with Gasteiger partial charge < -0.3 is 19.9 Å². The minimum absolute atomic E-state index is 0.235. The van der Waals surface area contributed by atoms with E-state index in [1.807, 2.05) is 37.3 Å². The molecule has 5 heteroatoms. The maximum Gasteiger partial charge on any atom is 0.310 e. The molecule has 1 aromatic carbocycles. The van der Waals surface area contributed by atoms with Gasteiger partial charge in [-0.3, -0.25) is 4.79 Å². The van der Waals surface area contributed by atoms with E-state index in [9.17, 15) is 9.90 Å².